The average Bonchev–Trinajstić information content (AvgIpc) is 2.76. The van der Waals surface area contributed by atoms with E-state index in [-0.39, 0.29) is 5.69 Å². The van der Waals surface area contributed by atoms with Crippen LogP contribution in [0.15, 0.2) is 24.5 Å². The largest absolute Gasteiger partial charge is 0.360 e. The molecule has 0 saturated heterocycles. The highest BCUT2D eigenvalue weighted by atomic mass is 32.3. The van der Waals surface area contributed by atoms with Crippen LogP contribution in [0.4, 0.5) is 5.69 Å². The summed E-state index contributed by atoms with van der Waals surface area (Å²) < 4.78 is 7.43. The highest BCUT2D eigenvalue weighted by Gasteiger charge is 2.14. The minimum Gasteiger partial charge on any atom is -0.360 e. The lowest BCUT2D eigenvalue weighted by molar-refractivity contribution is -0.383. The van der Waals surface area contributed by atoms with Crippen molar-refractivity contribution in [3.8, 4) is 0 Å². The van der Waals surface area contributed by atoms with E-state index in [0.717, 1.165) is 5.75 Å². The molecule has 0 fully saturated rings. The van der Waals surface area contributed by atoms with E-state index in [4.69, 9.17) is 4.74 Å². The summed E-state index contributed by atoms with van der Waals surface area (Å²) in [6.45, 7) is 1.06. The number of nitro groups is 1. The molecule has 20 heavy (non-hydrogen) atoms. The number of fused-ring (bicyclic) bond motifs is 1. The lowest BCUT2D eigenvalue weighted by atomic mass is 10.3. The minimum atomic E-state index is -0.565. The van der Waals surface area contributed by atoms with Crippen molar-refractivity contribution in [2.75, 3.05) is 31.1 Å². The Morgan fingerprint density at radius 1 is 1.40 bits per heavy atom. The molecule has 0 amide bonds. The van der Waals surface area contributed by atoms with Crippen molar-refractivity contribution in [2.24, 2.45) is 0 Å². The molecule has 0 aliphatic carbocycles. The van der Waals surface area contributed by atoms with Gasteiger partial charge in [0, 0.05) is 24.2 Å². The third-order valence-electron chi connectivity index (χ3n) is 2.91. The topological polar surface area (TPSA) is 70.2 Å². The molecule has 2 rings (SSSR count). The summed E-state index contributed by atoms with van der Waals surface area (Å²) in [5.74, 6) is 1.04. The number of hydrogen-bond acceptors (Lipinski definition) is 4. The van der Waals surface area contributed by atoms with E-state index >= 15 is 0 Å². The van der Waals surface area contributed by atoms with Crippen molar-refractivity contribution in [1.82, 2.24) is 9.55 Å². The van der Waals surface area contributed by atoms with Crippen LogP contribution in [0.2, 0.25) is 0 Å². The molecule has 0 radical (unpaired) electrons. The van der Waals surface area contributed by atoms with Gasteiger partial charge in [-0.3, -0.25) is 10.1 Å². The summed E-state index contributed by atoms with van der Waals surface area (Å²) in [7, 11) is -0.565. The fraction of sp³-hybridized carbons (Fsp3) is 0.462. The van der Waals surface area contributed by atoms with E-state index in [1.807, 2.05) is 0 Å². The normalized spacial score (nSPS) is 12.8. The van der Waals surface area contributed by atoms with Crippen LogP contribution in [0.3, 0.4) is 0 Å². The van der Waals surface area contributed by atoms with Gasteiger partial charge in [-0.2, -0.15) is 0 Å². The summed E-state index contributed by atoms with van der Waals surface area (Å²) >= 11 is 0. The fourth-order valence-electron chi connectivity index (χ4n) is 1.81. The molecule has 0 aliphatic rings. The van der Waals surface area contributed by atoms with Crippen molar-refractivity contribution in [3.05, 3.63) is 34.6 Å². The second kappa shape index (κ2) is 5.80. The second-order valence-electron chi connectivity index (χ2n) is 5.44. The fourth-order valence-corrected chi connectivity index (χ4v) is 2.43. The van der Waals surface area contributed by atoms with Gasteiger partial charge in [-0.05, 0) is 24.8 Å². The Kier molecular flexibility index (Phi) is 4.29. The molecule has 2 aromatic rings. The number of nitrogens with zero attached hydrogens (tertiary/aromatic N) is 3. The molecule has 0 N–H and O–H groups in total. The predicted molar refractivity (Wildman–Crippen MR) is 82.6 cm³/mol. The van der Waals surface area contributed by atoms with E-state index in [9.17, 15) is 10.1 Å². The highest BCUT2D eigenvalue weighted by molar-refractivity contribution is 8.32. The third kappa shape index (κ3) is 3.49. The smallest absolute Gasteiger partial charge is 0.281 e. The van der Waals surface area contributed by atoms with Gasteiger partial charge < -0.3 is 9.30 Å². The molecule has 0 aliphatic heterocycles. The third-order valence-corrected chi connectivity index (χ3v) is 4.30. The van der Waals surface area contributed by atoms with Gasteiger partial charge in [-0.15, -0.1) is 0 Å². The number of rotatable bonds is 6. The summed E-state index contributed by atoms with van der Waals surface area (Å²) in [6.07, 6.45) is 9.95. The first kappa shape index (κ1) is 14.8. The molecule has 7 heteroatoms. The Labute approximate surface area is 119 Å². The van der Waals surface area contributed by atoms with Crippen molar-refractivity contribution in [2.45, 2.75) is 6.73 Å². The van der Waals surface area contributed by atoms with Crippen LogP contribution in [-0.4, -0.2) is 45.6 Å². The van der Waals surface area contributed by atoms with Crippen LogP contribution < -0.4 is 0 Å². The molecule has 6 nitrogen and oxygen atoms in total. The number of aromatic nitrogens is 2. The van der Waals surface area contributed by atoms with Gasteiger partial charge in [0.2, 0.25) is 0 Å². The molecule has 0 unspecified atom stereocenters. The zero-order chi connectivity index (χ0) is 14.8. The summed E-state index contributed by atoms with van der Waals surface area (Å²) in [5, 5.41) is 11.5. The van der Waals surface area contributed by atoms with Crippen molar-refractivity contribution < 1.29 is 9.66 Å². The van der Waals surface area contributed by atoms with Crippen molar-refractivity contribution in [1.29, 1.82) is 0 Å². The summed E-state index contributed by atoms with van der Waals surface area (Å²) in [4.78, 5) is 14.7. The van der Waals surface area contributed by atoms with E-state index in [0.29, 0.717) is 24.4 Å². The molecular formula is C13H19N3O3S. The molecule has 0 saturated carbocycles. The molecule has 0 spiro atoms. The van der Waals surface area contributed by atoms with E-state index in [1.54, 1.807) is 16.8 Å². The van der Waals surface area contributed by atoms with Gasteiger partial charge in [-0.25, -0.2) is 15.0 Å². The number of pyridine rings is 1. The Morgan fingerprint density at radius 3 is 2.80 bits per heavy atom. The van der Waals surface area contributed by atoms with Gasteiger partial charge in [0.15, 0.2) is 0 Å². The molecule has 110 valence electrons. The second-order valence-corrected chi connectivity index (χ2v) is 10.0. The van der Waals surface area contributed by atoms with Crippen LogP contribution in [-0.2, 0) is 11.5 Å². The van der Waals surface area contributed by atoms with Crippen LogP contribution in [0.1, 0.15) is 0 Å². The quantitative estimate of drug-likeness (QED) is 0.467. The van der Waals surface area contributed by atoms with Crippen LogP contribution in [0, 0.1) is 10.1 Å². The Bertz CT molecular complexity index is 619. The number of hydrogen-bond donors (Lipinski definition) is 0. The van der Waals surface area contributed by atoms with Gasteiger partial charge in [0.25, 0.3) is 5.69 Å². The molecular weight excluding hydrogens is 278 g/mol. The highest BCUT2D eigenvalue weighted by Crippen LogP contribution is 2.33. The van der Waals surface area contributed by atoms with Gasteiger partial charge in [0.1, 0.15) is 12.4 Å². The van der Waals surface area contributed by atoms with Crippen molar-refractivity contribution in [3.63, 3.8) is 0 Å². The standard InChI is InChI=1S/C13H19N3O3S/c1-20(2,3)9-8-19-10-15-7-5-11-12(16(17)18)4-6-14-13(11)15/h4-7H,8-10H2,1-3H3. The van der Waals surface area contributed by atoms with E-state index in [2.05, 4.69) is 23.8 Å². The molecule has 0 aromatic carbocycles. The Balaban J connectivity index is 2.08. The molecule has 0 bridgehead atoms. The molecule has 2 heterocycles. The monoisotopic (exact) mass is 297 g/mol. The SMILES string of the molecule is CS(C)(C)CCOCn1ccc2c([N+](=O)[O-])ccnc21. The minimum absolute atomic E-state index is 0.0767. The van der Waals surface area contributed by atoms with Gasteiger partial charge in [0.05, 0.1) is 16.9 Å². The van der Waals surface area contributed by atoms with Crippen LogP contribution in [0.5, 0.6) is 0 Å². The lowest BCUT2D eigenvalue weighted by Gasteiger charge is -2.24. The zero-order valence-corrected chi connectivity index (χ0v) is 12.7. The van der Waals surface area contributed by atoms with Crippen LogP contribution >= 0.6 is 10.0 Å². The zero-order valence-electron chi connectivity index (χ0n) is 11.9. The molecule has 2 aromatic heterocycles. The summed E-state index contributed by atoms with van der Waals surface area (Å²) in [5.41, 5.74) is 0.662. The van der Waals surface area contributed by atoms with E-state index < -0.39 is 15.0 Å². The van der Waals surface area contributed by atoms with Crippen LogP contribution in [0.25, 0.3) is 11.0 Å². The lowest BCUT2D eigenvalue weighted by Crippen LogP contribution is -2.09. The first-order chi connectivity index (χ1) is 9.38. The maximum atomic E-state index is 10.9. The summed E-state index contributed by atoms with van der Waals surface area (Å²) in [6, 6.07) is 3.12. The molecule has 0 atom stereocenters. The van der Waals surface area contributed by atoms with Gasteiger partial charge >= 0.3 is 0 Å². The Hall–Kier alpha value is -1.60. The average molecular weight is 297 g/mol. The Morgan fingerprint density at radius 2 is 2.15 bits per heavy atom. The number of ether oxygens (including phenoxy) is 1. The first-order valence-electron chi connectivity index (χ1n) is 6.20. The maximum Gasteiger partial charge on any atom is 0.281 e. The predicted octanol–water partition coefficient (Wildman–Crippen LogP) is 2.61. The van der Waals surface area contributed by atoms with Crippen molar-refractivity contribution >= 4 is 26.7 Å². The first-order valence-corrected chi connectivity index (χ1v) is 9.23. The van der Waals surface area contributed by atoms with Gasteiger partial charge in [-0.1, -0.05) is 0 Å². The van der Waals surface area contributed by atoms with E-state index in [1.165, 1.54) is 12.3 Å². The maximum absolute atomic E-state index is 10.9.